The summed E-state index contributed by atoms with van der Waals surface area (Å²) in [5.74, 6) is -0.0909. The van der Waals surface area contributed by atoms with E-state index in [0.717, 1.165) is 53.3 Å². The molecular weight excluding hydrogens is 340 g/mol. The van der Waals surface area contributed by atoms with E-state index < -0.39 is 5.97 Å². The van der Waals surface area contributed by atoms with Crippen molar-refractivity contribution in [2.24, 2.45) is 4.99 Å². The maximum Gasteiger partial charge on any atom is 0.307 e. The number of nitrogens with zero attached hydrogens (tertiary/aromatic N) is 2. The molecule has 1 aliphatic heterocycles. The zero-order valence-electron chi connectivity index (χ0n) is 15.9. The first kappa shape index (κ1) is 19.1. The molecule has 27 heavy (non-hydrogen) atoms. The Morgan fingerprint density at radius 3 is 2.67 bits per heavy atom. The van der Waals surface area contributed by atoms with E-state index in [0.29, 0.717) is 13.2 Å². The molecule has 0 atom stereocenters. The van der Waals surface area contributed by atoms with Gasteiger partial charge in [-0.15, -0.1) is 0 Å². The van der Waals surface area contributed by atoms with Gasteiger partial charge in [-0.3, -0.25) is 9.79 Å². The van der Waals surface area contributed by atoms with Gasteiger partial charge >= 0.3 is 5.97 Å². The molecule has 1 heterocycles. The second kappa shape index (κ2) is 8.82. The average Bonchev–Trinajstić information content (AvgIpc) is 2.82. The summed E-state index contributed by atoms with van der Waals surface area (Å²) in [4.78, 5) is 18.4. The Hall–Kier alpha value is -2.66. The van der Waals surface area contributed by atoms with E-state index in [-0.39, 0.29) is 6.42 Å². The summed E-state index contributed by atoms with van der Waals surface area (Å²) in [5.41, 5.74) is 4.66. The van der Waals surface area contributed by atoms with Gasteiger partial charge in [0.05, 0.1) is 18.7 Å². The molecule has 0 radical (unpaired) electrons. The number of carboxylic acids is 1. The number of rotatable bonds is 7. The number of carboxylic acid groups (broad SMARTS) is 1. The van der Waals surface area contributed by atoms with E-state index >= 15 is 0 Å². The number of benzene rings is 2. The molecule has 0 spiro atoms. The summed E-state index contributed by atoms with van der Waals surface area (Å²) < 4.78 is 6.00. The van der Waals surface area contributed by atoms with Crippen LogP contribution in [-0.2, 0) is 17.8 Å². The molecule has 5 heteroatoms. The Labute approximate surface area is 160 Å². The lowest BCUT2D eigenvalue weighted by Crippen LogP contribution is -2.26. The molecule has 0 unspecified atom stereocenters. The molecule has 0 bridgehead atoms. The van der Waals surface area contributed by atoms with Crippen molar-refractivity contribution in [1.29, 1.82) is 0 Å². The Kier molecular flexibility index (Phi) is 6.24. The van der Waals surface area contributed by atoms with Crippen LogP contribution in [-0.4, -0.2) is 47.9 Å². The summed E-state index contributed by atoms with van der Waals surface area (Å²) in [5, 5.41) is 9.14. The minimum atomic E-state index is -0.843. The Balaban J connectivity index is 2.02. The van der Waals surface area contributed by atoms with Crippen LogP contribution in [0.15, 0.2) is 47.5 Å². The van der Waals surface area contributed by atoms with Gasteiger partial charge in [-0.1, -0.05) is 44.2 Å². The molecule has 3 rings (SSSR count). The van der Waals surface area contributed by atoms with Crippen molar-refractivity contribution in [2.45, 2.75) is 26.9 Å². The van der Waals surface area contributed by atoms with E-state index in [2.05, 4.69) is 30.9 Å². The molecule has 142 valence electrons. The topological polar surface area (TPSA) is 62.1 Å². The maximum atomic E-state index is 11.1. The Morgan fingerprint density at radius 1 is 1.15 bits per heavy atom. The van der Waals surface area contributed by atoms with Gasteiger partial charge in [0, 0.05) is 17.7 Å². The molecule has 0 amide bonds. The van der Waals surface area contributed by atoms with E-state index in [1.54, 1.807) is 0 Å². The predicted octanol–water partition coefficient (Wildman–Crippen LogP) is 3.39. The quantitative estimate of drug-likeness (QED) is 0.816. The number of aliphatic imine (C=N–C) groups is 1. The molecule has 1 aliphatic rings. The van der Waals surface area contributed by atoms with Gasteiger partial charge < -0.3 is 14.7 Å². The summed E-state index contributed by atoms with van der Waals surface area (Å²) in [7, 11) is 0. The minimum Gasteiger partial charge on any atom is -0.488 e. The number of hydrogen-bond donors (Lipinski definition) is 1. The van der Waals surface area contributed by atoms with Gasteiger partial charge in [0.1, 0.15) is 12.4 Å². The number of fused-ring (bicyclic) bond motifs is 2. The fourth-order valence-electron chi connectivity index (χ4n) is 3.36. The van der Waals surface area contributed by atoms with Crippen LogP contribution in [0, 0.1) is 0 Å². The van der Waals surface area contributed by atoms with Gasteiger partial charge in [-0.05, 0) is 36.3 Å². The largest absolute Gasteiger partial charge is 0.488 e. The molecule has 0 aromatic heterocycles. The number of hydrogen-bond acceptors (Lipinski definition) is 4. The fourth-order valence-corrected chi connectivity index (χ4v) is 3.36. The third-order valence-electron chi connectivity index (χ3n) is 4.89. The summed E-state index contributed by atoms with van der Waals surface area (Å²) in [6.07, 6.45) is -0.0122. The monoisotopic (exact) mass is 366 g/mol. The standard InChI is InChI=1S/C22H26N2O3/c1-3-24(4-2)12-11-23-22-18-8-6-5-7-17(18)15-27-20-10-9-16(13-19(20)22)14-21(25)26/h5-10,13H,3-4,11-12,14-15H2,1-2H3,(H,25,26). The highest BCUT2D eigenvalue weighted by Gasteiger charge is 2.21. The highest BCUT2D eigenvalue weighted by Crippen LogP contribution is 2.30. The molecular formula is C22H26N2O3. The summed E-state index contributed by atoms with van der Waals surface area (Å²) >= 11 is 0. The van der Waals surface area contributed by atoms with Crippen molar-refractivity contribution in [3.05, 3.63) is 64.7 Å². The predicted molar refractivity (Wildman–Crippen MR) is 107 cm³/mol. The van der Waals surface area contributed by atoms with Crippen LogP contribution in [0.25, 0.3) is 0 Å². The van der Waals surface area contributed by atoms with Crippen molar-refractivity contribution in [3.63, 3.8) is 0 Å². The van der Waals surface area contributed by atoms with Gasteiger partial charge in [-0.2, -0.15) is 0 Å². The number of likely N-dealkylation sites (N-methyl/N-ethyl adjacent to an activating group) is 1. The van der Waals surface area contributed by atoms with Crippen molar-refractivity contribution >= 4 is 11.7 Å². The van der Waals surface area contributed by atoms with E-state index in [1.165, 1.54) is 0 Å². The molecule has 1 N–H and O–H groups in total. The molecule has 0 saturated carbocycles. The zero-order valence-corrected chi connectivity index (χ0v) is 15.9. The van der Waals surface area contributed by atoms with E-state index in [9.17, 15) is 4.79 Å². The number of carbonyl (C=O) groups is 1. The third-order valence-corrected chi connectivity index (χ3v) is 4.89. The fraction of sp³-hybridized carbons (Fsp3) is 0.364. The number of aliphatic carboxylic acids is 1. The van der Waals surface area contributed by atoms with Crippen LogP contribution in [0.4, 0.5) is 0 Å². The van der Waals surface area contributed by atoms with Crippen LogP contribution in [0.3, 0.4) is 0 Å². The lowest BCUT2D eigenvalue weighted by molar-refractivity contribution is -0.136. The first-order valence-corrected chi connectivity index (χ1v) is 9.45. The zero-order chi connectivity index (χ0) is 19.2. The lowest BCUT2D eigenvalue weighted by Gasteiger charge is -2.17. The molecule has 5 nitrogen and oxygen atoms in total. The molecule has 2 aromatic carbocycles. The Morgan fingerprint density at radius 2 is 1.93 bits per heavy atom. The second-order valence-corrected chi connectivity index (χ2v) is 6.60. The highest BCUT2D eigenvalue weighted by atomic mass is 16.5. The van der Waals surface area contributed by atoms with E-state index in [4.69, 9.17) is 14.8 Å². The van der Waals surface area contributed by atoms with Crippen LogP contribution >= 0.6 is 0 Å². The maximum absolute atomic E-state index is 11.1. The third kappa shape index (κ3) is 4.55. The van der Waals surface area contributed by atoms with Crippen LogP contribution in [0.5, 0.6) is 5.75 Å². The molecule has 0 fully saturated rings. The van der Waals surface area contributed by atoms with Crippen LogP contribution in [0.2, 0.25) is 0 Å². The first-order valence-electron chi connectivity index (χ1n) is 9.45. The van der Waals surface area contributed by atoms with Gasteiger partial charge in [0.25, 0.3) is 0 Å². The van der Waals surface area contributed by atoms with Crippen molar-refractivity contribution in [3.8, 4) is 5.75 Å². The van der Waals surface area contributed by atoms with Crippen molar-refractivity contribution in [1.82, 2.24) is 4.90 Å². The van der Waals surface area contributed by atoms with Gasteiger partial charge in [0.15, 0.2) is 0 Å². The van der Waals surface area contributed by atoms with Crippen molar-refractivity contribution < 1.29 is 14.6 Å². The summed E-state index contributed by atoms with van der Waals surface area (Å²) in [6.45, 7) is 8.37. The first-order chi connectivity index (χ1) is 13.1. The van der Waals surface area contributed by atoms with Gasteiger partial charge in [0.2, 0.25) is 0 Å². The molecule has 2 aromatic rings. The van der Waals surface area contributed by atoms with Gasteiger partial charge in [-0.25, -0.2) is 0 Å². The molecule has 0 aliphatic carbocycles. The lowest BCUT2D eigenvalue weighted by atomic mass is 9.96. The van der Waals surface area contributed by atoms with Crippen molar-refractivity contribution in [2.75, 3.05) is 26.2 Å². The normalized spacial score (nSPS) is 14.4. The minimum absolute atomic E-state index is 0.0122. The average molecular weight is 366 g/mol. The highest BCUT2D eigenvalue weighted by molar-refractivity contribution is 6.15. The van der Waals surface area contributed by atoms with Crippen LogP contribution < -0.4 is 4.74 Å². The smallest absolute Gasteiger partial charge is 0.307 e. The SMILES string of the molecule is CCN(CC)CCN=C1c2ccccc2COc2ccc(CC(=O)O)cc21. The Bertz CT molecular complexity index is 841. The molecule has 0 saturated heterocycles. The van der Waals surface area contributed by atoms with E-state index in [1.807, 2.05) is 30.3 Å². The van der Waals surface area contributed by atoms with Crippen LogP contribution in [0.1, 0.15) is 36.1 Å². The summed E-state index contributed by atoms with van der Waals surface area (Å²) in [6, 6.07) is 13.7. The second-order valence-electron chi connectivity index (χ2n) is 6.60. The number of ether oxygens (including phenoxy) is 1.